The van der Waals surface area contributed by atoms with Crippen LogP contribution in [0.2, 0.25) is 0 Å². The second-order valence-electron chi connectivity index (χ2n) is 8.54. The molecule has 0 saturated carbocycles. The summed E-state index contributed by atoms with van der Waals surface area (Å²) in [6, 6.07) is 7.47. The van der Waals surface area contributed by atoms with Crippen LogP contribution in [0.5, 0.6) is 0 Å². The van der Waals surface area contributed by atoms with Crippen molar-refractivity contribution in [2.45, 2.75) is 52.1 Å². The summed E-state index contributed by atoms with van der Waals surface area (Å²) in [6.07, 6.45) is 4.57. The summed E-state index contributed by atoms with van der Waals surface area (Å²) in [5, 5.41) is 3.02. The Morgan fingerprint density at radius 2 is 1.93 bits per heavy atom. The maximum absolute atomic E-state index is 12.4. The number of nitrogens with one attached hydrogen (secondary N) is 1. The molecule has 0 aliphatic carbocycles. The number of aryl methyl sites for hydroxylation is 2. The number of methoxy groups -OCH3 is 1. The molecular weight excluding hydrogens is 350 g/mol. The molecule has 1 aromatic carbocycles. The van der Waals surface area contributed by atoms with Crippen LogP contribution in [-0.2, 0) is 16.1 Å². The molecule has 156 valence electrons. The number of ether oxygens (including phenoxy) is 1. The van der Waals surface area contributed by atoms with E-state index in [4.69, 9.17) is 4.74 Å². The number of hydrogen-bond acceptors (Lipinski definition) is 4. The van der Waals surface area contributed by atoms with E-state index in [9.17, 15) is 4.79 Å². The highest BCUT2D eigenvalue weighted by Gasteiger charge is 2.31. The smallest absolute Gasteiger partial charge is 0.224 e. The second-order valence-corrected chi connectivity index (χ2v) is 8.54. The molecule has 2 heterocycles. The predicted molar refractivity (Wildman–Crippen MR) is 113 cm³/mol. The van der Waals surface area contributed by atoms with Crippen LogP contribution in [0.1, 0.15) is 42.4 Å². The third kappa shape index (κ3) is 5.79. The highest BCUT2D eigenvalue weighted by molar-refractivity contribution is 5.78. The lowest BCUT2D eigenvalue weighted by Crippen LogP contribution is -2.50. The van der Waals surface area contributed by atoms with Gasteiger partial charge in [0.15, 0.2) is 0 Å². The summed E-state index contributed by atoms with van der Waals surface area (Å²) < 4.78 is 5.03. The van der Waals surface area contributed by atoms with Crippen LogP contribution >= 0.6 is 0 Å². The van der Waals surface area contributed by atoms with Gasteiger partial charge in [-0.15, -0.1) is 0 Å². The summed E-state index contributed by atoms with van der Waals surface area (Å²) >= 11 is 0. The van der Waals surface area contributed by atoms with Crippen LogP contribution in [0.15, 0.2) is 18.2 Å². The molecule has 2 saturated heterocycles. The molecule has 28 heavy (non-hydrogen) atoms. The van der Waals surface area contributed by atoms with Gasteiger partial charge in [-0.25, -0.2) is 0 Å². The Labute approximate surface area is 170 Å². The SMILES string of the molecule is COCCNC(=O)[C@@H]1CCCN(C2CCN(Cc3ccc(C)c(C)c3)CC2)C1. The van der Waals surface area contributed by atoms with Gasteiger partial charge in [-0.2, -0.15) is 0 Å². The Morgan fingerprint density at radius 3 is 2.64 bits per heavy atom. The van der Waals surface area contributed by atoms with Crippen molar-refractivity contribution in [2.24, 2.45) is 5.92 Å². The maximum atomic E-state index is 12.4. The van der Waals surface area contributed by atoms with E-state index in [-0.39, 0.29) is 11.8 Å². The number of piperidine rings is 2. The molecule has 0 bridgehead atoms. The van der Waals surface area contributed by atoms with E-state index in [1.54, 1.807) is 7.11 Å². The molecule has 1 aromatic rings. The monoisotopic (exact) mass is 387 g/mol. The van der Waals surface area contributed by atoms with Gasteiger partial charge in [0.25, 0.3) is 0 Å². The largest absolute Gasteiger partial charge is 0.383 e. The Kier molecular flexibility index (Phi) is 7.89. The number of carbonyl (C=O) groups excluding carboxylic acids is 1. The molecule has 2 fully saturated rings. The molecule has 3 rings (SSSR count). The fourth-order valence-electron chi connectivity index (χ4n) is 4.58. The minimum atomic E-state index is 0.138. The van der Waals surface area contributed by atoms with Crippen LogP contribution in [-0.4, -0.2) is 68.2 Å². The number of amides is 1. The van der Waals surface area contributed by atoms with Crippen LogP contribution in [0.25, 0.3) is 0 Å². The van der Waals surface area contributed by atoms with E-state index in [0.29, 0.717) is 19.2 Å². The lowest BCUT2D eigenvalue weighted by Gasteiger charge is -2.42. The zero-order valence-electron chi connectivity index (χ0n) is 17.9. The molecule has 0 spiro atoms. The van der Waals surface area contributed by atoms with Crippen LogP contribution in [0, 0.1) is 19.8 Å². The van der Waals surface area contributed by atoms with Gasteiger partial charge in [0.1, 0.15) is 0 Å². The summed E-state index contributed by atoms with van der Waals surface area (Å²) in [4.78, 5) is 17.6. The van der Waals surface area contributed by atoms with Gasteiger partial charge in [-0.3, -0.25) is 14.6 Å². The van der Waals surface area contributed by atoms with Crippen molar-refractivity contribution >= 4 is 5.91 Å². The molecule has 5 heteroatoms. The topological polar surface area (TPSA) is 44.8 Å². The molecule has 1 atom stereocenters. The minimum Gasteiger partial charge on any atom is -0.383 e. The van der Waals surface area contributed by atoms with Crippen LogP contribution < -0.4 is 5.32 Å². The molecule has 1 amide bonds. The van der Waals surface area contributed by atoms with Crippen molar-refractivity contribution in [3.63, 3.8) is 0 Å². The fraction of sp³-hybridized carbons (Fsp3) is 0.696. The second kappa shape index (κ2) is 10.4. The molecular formula is C23H37N3O2. The van der Waals surface area contributed by atoms with Gasteiger partial charge in [-0.05, 0) is 75.9 Å². The number of nitrogens with zero attached hydrogens (tertiary/aromatic N) is 2. The summed E-state index contributed by atoms with van der Waals surface area (Å²) in [6.45, 7) is 11.0. The van der Waals surface area contributed by atoms with Crippen LogP contribution in [0.3, 0.4) is 0 Å². The van der Waals surface area contributed by atoms with Gasteiger partial charge in [0.05, 0.1) is 12.5 Å². The zero-order chi connectivity index (χ0) is 19.9. The third-order valence-corrected chi connectivity index (χ3v) is 6.48. The van der Waals surface area contributed by atoms with E-state index in [0.717, 1.165) is 45.6 Å². The van der Waals surface area contributed by atoms with E-state index in [1.165, 1.54) is 29.5 Å². The quantitative estimate of drug-likeness (QED) is 0.731. The Bertz CT molecular complexity index is 641. The number of hydrogen-bond donors (Lipinski definition) is 1. The van der Waals surface area contributed by atoms with E-state index in [1.807, 2.05) is 0 Å². The molecule has 0 radical (unpaired) electrons. The normalized spacial score (nSPS) is 22.3. The molecule has 5 nitrogen and oxygen atoms in total. The van der Waals surface area contributed by atoms with E-state index in [2.05, 4.69) is 47.2 Å². The number of likely N-dealkylation sites (tertiary alicyclic amines) is 2. The van der Waals surface area contributed by atoms with Gasteiger partial charge >= 0.3 is 0 Å². The zero-order valence-corrected chi connectivity index (χ0v) is 17.9. The summed E-state index contributed by atoms with van der Waals surface area (Å²) in [5.74, 6) is 0.341. The van der Waals surface area contributed by atoms with Gasteiger partial charge in [0, 0.05) is 32.8 Å². The molecule has 0 unspecified atom stereocenters. The van der Waals surface area contributed by atoms with E-state index >= 15 is 0 Å². The molecule has 2 aliphatic heterocycles. The first kappa shape index (κ1) is 21.3. The van der Waals surface area contributed by atoms with Crippen molar-refractivity contribution < 1.29 is 9.53 Å². The summed E-state index contributed by atoms with van der Waals surface area (Å²) in [7, 11) is 1.67. The highest BCUT2D eigenvalue weighted by Crippen LogP contribution is 2.25. The molecule has 1 N–H and O–H groups in total. The Hall–Kier alpha value is -1.43. The Balaban J connectivity index is 1.45. The van der Waals surface area contributed by atoms with Crippen LogP contribution in [0.4, 0.5) is 0 Å². The maximum Gasteiger partial charge on any atom is 0.224 e. The van der Waals surface area contributed by atoms with Gasteiger partial charge in [-0.1, -0.05) is 18.2 Å². The predicted octanol–water partition coefficient (Wildman–Crippen LogP) is 2.74. The molecule has 0 aromatic heterocycles. The average Bonchev–Trinajstić information content (AvgIpc) is 2.71. The first-order valence-corrected chi connectivity index (χ1v) is 10.9. The highest BCUT2D eigenvalue weighted by atomic mass is 16.5. The lowest BCUT2D eigenvalue weighted by atomic mass is 9.93. The van der Waals surface area contributed by atoms with Crippen molar-refractivity contribution in [2.75, 3.05) is 46.4 Å². The minimum absolute atomic E-state index is 0.138. The molecule has 2 aliphatic rings. The fourth-order valence-corrected chi connectivity index (χ4v) is 4.58. The van der Waals surface area contributed by atoms with Crippen molar-refractivity contribution in [1.82, 2.24) is 15.1 Å². The van der Waals surface area contributed by atoms with E-state index < -0.39 is 0 Å². The van der Waals surface area contributed by atoms with Crippen molar-refractivity contribution in [1.29, 1.82) is 0 Å². The third-order valence-electron chi connectivity index (χ3n) is 6.48. The first-order chi connectivity index (χ1) is 13.6. The standard InChI is InChI=1S/C23H37N3O2/c1-18-6-7-20(15-19(18)2)16-25-12-8-22(9-13-25)26-11-4-5-21(17-26)23(27)24-10-14-28-3/h6-7,15,21-22H,4-5,8-14,16-17H2,1-3H3,(H,24,27)/t21-/m1/s1. The summed E-state index contributed by atoms with van der Waals surface area (Å²) in [5.41, 5.74) is 4.18. The lowest BCUT2D eigenvalue weighted by molar-refractivity contribution is -0.127. The number of carbonyl (C=O) groups is 1. The van der Waals surface area contributed by atoms with Crippen molar-refractivity contribution in [3.8, 4) is 0 Å². The number of benzene rings is 1. The number of rotatable bonds is 7. The van der Waals surface area contributed by atoms with Gasteiger partial charge < -0.3 is 10.1 Å². The average molecular weight is 388 g/mol. The van der Waals surface area contributed by atoms with Crippen molar-refractivity contribution in [3.05, 3.63) is 34.9 Å². The Morgan fingerprint density at radius 1 is 1.14 bits per heavy atom. The van der Waals surface area contributed by atoms with Gasteiger partial charge in [0.2, 0.25) is 5.91 Å². The first-order valence-electron chi connectivity index (χ1n) is 10.9.